The summed E-state index contributed by atoms with van der Waals surface area (Å²) in [5.41, 5.74) is 6.25. The van der Waals surface area contributed by atoms with Gasteiger partial charge in [0, 0.05) is 6.54 Å². The van der Waals surface area contributed by atoms with Crippen molar-refractivity contribution in [3.05, 3.63) is 35.9 Å². The molecule has 0 bridgehead atoms. The molecule has 4 nitrogen and oxygen atoms in total. The van der Waals surface area contributed by atoms with Gasteiger partial charge in [0.1, 0.15) is 6.04 Å². The minimum atomic E-state index is -0.411. The maximum atomic E-state index is 12.0. The van der Waals surface area contributed by atoms with Crippen molar-refractivity contribution in [2.45, 2.75) is 25.3 Å². The largest absolute Gasteiger partial charge is 0.368 e. The van der Waals surface area contributed by atoms with Crippen molar-refractivity contribution >= 4 is 11.8 Å². The van der Waals surface area contributed by atoms with Crippen LogP contribution in [0.3, 0.4) is 0 Å². The molecule has 2 amide bonds. The van der Waals surface area contributed by atoms with E-state index in [0.29, 0.717) is 19.4 Å². The van der Waals surface area contributed by atoms with Crippen molar-refractivity contribution in [2.75, 3.05) is 6.54 Å². The first-order chi connectivity index (χ1) is 8.18. The lowest BCUT2D eigenvalue weighted by atomic mass is 10.1. The molecule has 17 heavy (non-hydrogen) atoms. The van der Waals surface area contributed by atoms with Gasteiger partial charge in [0.15, 0.2) is 0 Å². The van der Waals surface area contributed by atoms with Crippen LogP contribution in [-0.4, -0.2) is 29.3 Å². The molecule has 0 radical (unpaired) electrons. The van der Waals surface area contributed by atoms with E-state index in [4.69, 9.17) is 5.73 Å². The predicted octanol–water partition coefficient (Wildman–Crippen LogP) is 0.705. The summed E-state index contributed by atoms with van der Waals surface area (Å²) < 4.78 is 0. The maximum Gasteiger partial charge on any atom is 0.240 e. The van der Waals surface area contributed by atoms with E-state index in [1.807, 2.05) is 30.3 Å². The highest BCUT2D eigenvalue weighted by atomic mass is 16.2. The molecule has 0 aliphatic carbocycles. The Morgan fingerprint density at radius 1 is 1.29 bits per heavy atom. The first-order valence-corrected chi connectivity index (χ1v) is 5.81. The van der Waals surface area contributed by atoms with Crippen LogP contribution in [-0.2, 0) is 16.0 Å². The third-order valence-corrected chi connectivity index (χ3v) is 3.10. The van der Waals surface area contributed by atoms with Gasteiger partial charge in [-0.05, 0) is 18.4 Å². The van der Waals surface area contributed by atoms with Gasteiger partial charge in [-0.2, -0.15) is 0 Å². The summed E-state index contributed by atoms with van der Waals surface area (Å²) in [5, 5.41) is 0. The fourth-order valence-corrected chi connectivity index (χ4v) is 2.23. The number of hydrogen-bond acceptors (Lipinski definition) is 2. The average molecular weight is 232 g/mol. The SMILES string of the molecule is NC(=O)C1CCCN1C(=O)Cc1ccccc1. The second kappa shape index (κ2) is 4.99. The van der Waals surface area contributed by atoms with Crippen LogP contribution in [0.2, 0.25) is 0 Å². The molecule has 1 unspecified atom stereocenters. The van der Waals surface area contributed by atoms with Gasteiger partial charge < -0.3 is 10.6 Å². The number of carbonyl (C=O) groups is 2. The fourth-order valence-electron chi connectivity index (χ4n) is 2.23. The lowest BCUT2D eigenvalue weighted by Crippen LogP contribution is -2.44. The zero-order valence-corrected chi connectivity index (χ0v) is 9.63. The summed E-state index contributed by atoms with van der Waals surface area (Å²) in [4.78, 5) is 24.9. The van der Waals surface area contributed by atoms with Crippen LogP contribution in [0.15, 0.2) is 30.3 Å². The predicted molar refractivity (Wildman–Crippen MR) is 64.1 cm³/mol. The normalized spacial score (nSPS) is 19.3. The minimum absolute atomic E-state index is 0.0162. The number of likely N-dealkylation sites (tertiary alicyclic amines) is 1. The topological polar surface area (TPSA) is 63.4 Å². The molecule has 1 aliphatic heterocycles. The molecular formula is C13H16N2O2. The number of amides is 2. The third kappa shape index (κ3) is 2.64. The highest BCUT2D eigenvalue weighted by Gasteiger charge is 2.32. The minimum Gasteiger partial charge on any atom is -0.368 e. The molecule has 2 N–H and O–H groups in total. The van der Waals surface area contributed by atoms with Gasteiger partial charge in [-0.3, -0.25) is 9.59 Å². The maximum absolute atomic E-state index is 12.0. The zero-order valence-electron chi connectivity index (χ0n) is 9.63. The number of rotatable bonds is 3. The van der Waals surface area contributed by atoms with Gasteiger partial charge >= 0.3 is 0 Å². The van der Waals surface area contributed by atoms with Crippen molar-refractivity contribution in [3.63, 3.8) is 0 Å². The number of primary amides is 1. The second-order valence-corrected chi connectivity index (χ2v) is 4.31. The summed E-state index contributed by atoms with van der Waals surface area (Å²) in [6, 6.07) is 9.12. The van der Waals surface area contributed by atoms with E-state index in [1.165, 1.54) is 0 Å². The Labute approximate surface area is 100 Å². The first kappa shape index (κ1) is 11.6. The van der Waals surface area contributed by atoms with Gasteiger partial charge in [0.05, 0.1) is 6.42 Å². The molecule has 1 aliphatic rings. The number of nitrogens with two attached hydrogens (primary N) is 1. The molecule has 1 heterocycles. The fraction of sp³-hybridized carbons (Fsp3) is 0.385. The van der Waals surface area contributed by atoms with Crippen LogP contribution in [0, 0.1) is 0 Å². The molecule has 1 fully saturated rings. The Morgan fingerprint density at radius 2 is 2.00 bits per heavy atom. The summed E-state index contributed by atoms with van der Waals surface area (Å²) >= 11 is 0. The molecule has 0 spiro atoms. The molecule has 1 aromatic rings. The molecule has 1 aromatic carbocycles. The highest BCUT2D eigenvalue weighted by Crippen LogP contribution is 2.18. The zero-order chi connectivity index (χ0) is 12.3. The lowest BCUT2D eigenvalue weighted by Gasteiger charge is -2.22. The average Bonchev–Trinajstić information content (AvgIpc) is 2.79. The highest BCUT2D eigenvalue weighted by molar-refractivity contribution is 5.88. The Hall–Kier alpha value is -1.84. The van der Waals surface area contributed by atoms with Gasteiger partial charge in [-0.15, -0.1) is 0 Å². The second-order valence-electron chi connectivity index (χ2n) is 4.31. The van der Waals surface area contributed by atoms with E-state index < -0.39 is 11.9 Å². The summed E-state index contributed by atoms with van der Waals surface area (Å²) in [5.74, 6) is -0.415. The first-order valence-electron chi connectivity index (χ1n) is 5.81. The summed E-state index contributed by atoms with van der Waals surface area (Å²) in [6.45, 7) is 0.638. The molecule has 0 saturated carbocycles. The number of hydrogen-bond donors (Lipinski definition) is 1. The Morgan fingerprint density at radius 3 is 2.65 bits per heavy atom. The van der Waals surface area contributed by atoms with E-state index in [-0.39, 0.29) is 5.91 Å². The van der Waals surface area contributed by atoms with Crippen molar-refractivity contribution < 1.29 is 9.59 Å². The quantitative estimate of drug-likeness (QED) is 0.834. The van der Waals surface area contributed by atoms with Gasteiger partial charge in [-0.1, -0.05) is 30.3 Å². The Bertz CT molecular complexity index is 417. The third-order valence-electron chi connectivity index (χ3n) is 3.10. The van der Waals surface area contributed by atoms with E-state index >= 15 is 0 Å². The van der Waals surface area contributed by atoms with Crippen molar-refractivity contribution in [1.29, 1.82) is 0 Å². The lowest BCUT2D eigenvalue weighted by molar-refractivity contribution is -0.136. The van der Waals surface area contributed by atoms with Gasteiger partial charge in [0.2, 0.25) is 11.8 Å². The summed E-state index contributed by atoms with van der Waals surface area (Å²) in [6.07, 6.45) is 1.88. The molecular weight excluding hydrogens is 216 g/mol. The molecule has 0 aromatic heterocycles. The van der Waals surface area contributed by atoms with E-state index in [1.54, 1.807) is 4.90 Å². The Balaban J connectivity index is 2.03. The molecule has 1 atom stereocenters. The van der Waals surface area contributed by atoms with E-state index in [0.717, 1.165) is 12.0 Å². The van der Waals surface area contributed by atoms with Crippen LogP contribution in [0.1, 0.15) is 18.4 Å². The van der Waals surface area contributed by atoms with Gasteiger partial charge in [0.25, 0.3) is 0 Å². The molecule has 1 saturated heterocycles. The number of nitrogens with zero attached hydrogens (tertiary/aromatic N) is 1. The van der Waals surface area contributed by atoms with Crippen molar-refractivity contribution in [3.8, 4) is 0 Å². The number of benzene rings is 1. The van der Waals surface area contributed by atoms with Crippen molar-refractivity contribution in [2.24, 2.45) is 5.73 Å². The number of carbonyl (C=O) groups excluding carboxylic acids is 2. The monoisotopic (exact) mass is 232 g/mol. The van der Waals surface area contributed by atoms with E-state index in [9.17, 15) is 9.59 Å². The standard InChI is InChI=1S/C13H16N2O2/c14-13(17)11-7-4-8-15(11)12(16)9-10-5-2-1-3-6-10/h1-3,5-6,11H,4,7-9H2,(H2,14,17). The smallest absolute Gasteiger partial charge is 0.240 e. The summed E-state index contributed by atoms with van der Waals surface area (Å²) in [7, 11) is 0. The molecule has 2 rings (SSSR count). The van der Waals surface area contributed by atoms with Crippen molar-refractivity contribution in [1.82, 2.24) is 4.90 Å². The van der Waals surface area contributed by atoms with Crippen LogP contribution in [0.25, 0.3) is 0 Å². The van der Waals surface area contributed by atoms with Crippen LogP contribution < -0.4 is 5.73 Å². The van der Waals surface area contributed by atoms with E-state index in [2.05, 4.69) is 0 Å². The van der Waals surface area contributed by atoms with Crippen LogP contribution >= 0.6 is 0 Å². The molecule has 90 valence electrons. The van der Waals surface area contributed by atoms with Crippen LogP contribution in [0.4, 0.5) is 0 Å². The Kier molecular flexibility index (Phi) is 3.42. The van der Waals surface area contributed by atoms with Crippen LogP contribution in [0.5, 0.6) is 0 Å². The van der Waals surface area contributed by atoms with Gasteiger partial charge in [-0.25, -0.2) is 0 Å². The molecule has 4 heteroatoms.